The number of ketones is 1. The number of carbonyl (C=O) groups excluding carboxylic acids is 1. The molecule has 6 nitrogen and oxygen atoms in total. The highest BCUT2D eigenvalue weighted by molar-refractivity contribution is 6.00. The normalized spacial score (nSPS) is 46.1. The topological polar surface area (TPSA) is 104 Å². The molecule has 0 unspecified atom stereocenters. The Morgan fingerprint density at radius 3 is 2.38 bits per heavy atom. The van der Waals surface area contributed by atoms with Gasteiger partial charge in [-0.3, -0.25) is 9.59 Å². The first-order chi connectivity index (χ1) is 17.1. The van der Waals surface area contributed by atoms with Gasteiger partial charge in [-0.1, -0.05) is 39.3 Å². The molecule has 4 rings (SSSR count). The number of methoxy groups -OCH3 is 1. The number of aliphatic hydroxyl groups excluding tert-OH is 2. The van der Waals surface area contributed by atoms with E-state index in [1.807, 2.05) is 6.92 Å². The predicted octanol–water partition coefficient (Wildman–Crippen LogP) is 5.32. The SMILES string of the molecule is CO[C@@H]1C[C@]2(C)[C@@H]([C@H](C)CCC=C(C)C)CC[C@@]2(C)C2=C1[C@]1(C)[C@@H](CC2=O)[C@](C)(C(=O)O)[C@@H](O)C[C@H]1O. The van der Waals surface area contributed by atoms with E-state index < -0.39 is 34.9 Å². The van der Waals surface area contributed by atoms with Crippen molar-refractivity contribution in [2.45, 2.75) is 112 Å². The molecule has 0 spiro atoms. The lowest BCUT2D eigenvalue weighted by molar-refractivity contribution is -0.195. The van der Waals surface area contributed by atoms with Crippen LogP contribution in [0.4, 0.5) is 0 Å². The van der Waals surface area contributed by atoms with E-state index in [2.05, 4.69) is 40.7 Å². The second-order valence-corrected chi connectivity index (χ2v) is 13.8. The van der Waals surface area contributed by atoms with Gasteiger partial charge in [0, 0.05) is 36.4 Å². The Hall–Kier alpha value is -1.50. The van der Waals surface area contributed by atoms with Gasteiger partial charge in [0.05, 0.1) is 23.7 Å². The Kier molecular flexibility index (Phi) is 7.17. The highest BCUT2D eigenvalue weighted by Gasteiger charge is 2.70. The number of aliphatic hydroxyl groups is 2. The Balaban J connectivity index is 1.85. The van der Waals surface area contributed by atoms with Gasteiger partial charge in [-0.05, 0) is 81.6 Å². The summed E-state index contributed by atoms with van der Waals surface area (Å²) < 4.78 is 6.15. The molecule has 0 aliphatic heterocycles. The van der Waals surface area contributed by atoms with Gasteiger partial charge in [-0.2, -0.15) is 0 Å². The Labute approximate surface area is 222 Å². The largest absolute Gasteiger partial charge is 0.481 e. The number of rotatable bonds is 6. The molecule has 208 valence electrons. The maximum atomic E-state index is 14.1. The van der Waals surface area contributed by atoms with Gasteiger partial charge in [-0.15, -0.1) is 0 Å². The zero-order chi connectivity index (χ0) is 27.7. The van der Waals surface area contributed by atoms with Gasteiger partial charge in [0.15, 0.2) is 5.78 Å². The van der Waals surface area contributed by atoms with Crippen LogP contribution in [0.5, 0.6) is 0 Å². The van der Waals surface area contributed by atoms with E-state index in [0.29, 0.717) is 11.8 Å². The van der Waals surface area contributed by atoms with Gasteiger partial charge in [-0.25, -0.2) is 0 Å². The zero-order valence-corrected chi connectivity index (χ0v) is 24.1. The van der Waals surface area contributed by atoms with E-state index in [1.54, 1.807) is 14.0 Å². The van der Waals surface area contributed by atoms with E-state index in [4.69, 9.17) is 4.74 Å². The van der Waals surface area contributed by atoms with Crippen molar-refractivity contribution in [3.8, 4) is 0 Å². The standard InChI is InChI=1S/C31H48O6/c1-17(2)10-9-11-18(3)19-12-13-28(4)25-20(32)14-22-30(6,26(25)21(37-8)16-29(19,28)5)23(33)15-24(34)31(22,7)27(35)36/h10,18-19,21-24,33-34H,9,11-16H2,1-8H3,(H,35,36)/t18-,19-,21-,22-,23-,24+,28+,29-,30-,31+/m1/s1. The van der Waals surface area contributed by atoms with Crippen molar-refractivity contribution in [3.05, 3.63) is 22.8 Å². The van der Waals surface area contributed by atoms with E-state index in [9.17, 15) is 24.9 Å². The smallest absolute Gasteiger partial charge is 0.312 e. The van der Waals surface area contributed by atoms with Crippen LogP contribution in [0.1, 0.15) is 93.4 Å². The van der Waals surface area contributed by atoms with Crippen molar-refractivity contribution >= 4 is 11.8 Å². The van der Waals surface area contributed by atoms with Crippen LogP contribution < -0.4 is 0 Å². The van der Waals surface area contributed by atoms with Crippen LogP contribution in [0, 0.1) is 39.4 Å². The van der Waals surface area contributed by atoms with E-state index in [-0.39, 0.29) is 35.6 Å². The third-order valence-electron chi connectivity index (χ3n) is 11.9. The van der Waals surface area contributed by atoms with E-state index >= 15 is 0 Å². The van der Waals surface area contributed by atoms with Crippen molar-refractivity contribution in [3.63, 3.8) is 0 Å². The van der Waals surface area contributed by atoms with Crippen LogP contribution in [0.15, 0.2) is 22.8 Å². The second-order valence-electron chi connectivity index (χ2n) is 13.8. The van der Waals surface area contributed by atoms with Gasteiger partial charge >= 0.3 is 5.97 Å². The molecule has 3 N–H and O–H groups in total. The molecule has 0 aromatic carbocycles. The van der Waals surface area contributed by atoms with Crippen LogP contribution in [0.2, 0.25) is 0 Å². The van der Waals surface area contributed by atoms with Crippen molar-refractivity contribution in [1.82, 2.24) is 0 Å². The summed E-state index contributed by atoms with van der Waals surface area (Å²) in [5, 5.41) is 32.6. The minimum atomic E-state index is -1.53. The molecule has 0 saturated heterocycles. The molecule has 0 aromatic heterocycles. The molecule has 0 heterocycles. The van der Waals surface area contributed by atoms with Crippen LogP contribution >= 0.6 is 0 Å². The second kappa shape index (κ2) is 9.31. The van der Waals surface area contributed by atoms with Crippen molar-refractivity contribution in [2.75, 3.05) is 7.11 Å². The fraction of sp³-hybridized carbons (Fsp3) is 0.806. The fourth-order valence-corrected chi connectivity index (χ4v) is 9.37. The lowest BCUT2D eigenvalue weighted by Crippen LogP contribution is -2.66. The molecule has 4 aliphatic rings. The summed E-state index contributed by atoms with van der Waals surface area (Å²) in [5.41, 5.74) is -0.0806. The van der Waals surface area contributed by atoms with Crippen LogP contribution in [-0.2, 0) is 14.3 Å². The number of hydrogen-bond donors (Lipinski definition) is 3. The first kappa shape index (κ1) is 28.5. The summed E-state index contributed by atoms with van der Waals surface area (Å²) >= 11 is 0. The summed E-state index contributed by atoms with van der Waals surface area (Å²) in [6.45, 7) is 14.6. The predicted molar refractivity (Wildman–Crippen MR) is 143 cm³/mol. The lowest BCUT2D eigenvalue weighted by atomic mass is 9.41. The van der Waals surface area contributed by atoms with Gasteiger partial charge in [0.25, 0.3) is 0 Å². The molecule has 10 atom stereocenters. The van der Waals surface area contributed by atoms with Crippen LogP contribution in [0.25, 0.3) is 0 Å². The van der Waals surface area contributed by atoms with Crippen LogP contribution in [-0.4, -0.2) is 52.5 Å². The van der Waals surface area contributed by atoms with Gasteiger partial charge in [0.1, 0.15) is 0 Å². The number of carboxylic acids is 1. The molecule has 6 heteroatoms. The number of ether oxygens (including phenoxy) is 1. The number of hydrogen-bond acceptors (Lipinski definition) is 5. The van der Waals surface area contributed by atoms with E-state index in [0.717, 1.165) is 43.3 Å². The lowest BCUT2D eigenvalue weighted by Gasteiger charge is -2.63. The summed E-state index contributed by atoms with van der Waals surface area (Å²) in [6.07, 6.45) is 4.57. The average molecular weight is 517 g/mol. The number of aliphatic carboxylic acids is 1. The molecule has 0 aromatic rings. The fourth-order valence-electron chi connectivity index (χ4n) is 9.37. The summed E-state index contributed by atoms with van der Waals surface area (Å²) in [5.74, 6) is -0.926. The Bertz CT molecular complexity index is 1020. The molecular weight excluding hydrogens is 468 g/mol. The minimum Gasteiger partial charge on any atom is -0.481 e. The molecular formula is C31H48O6. The van der Waals surface area contributed by atoms with Gasteiger partial charge in [0.2, 0.25) is 0 Å². The average Bonchev–Trinajstić information content (AvgIpc) is 3.08. The molecule has 0 bridgehead atoms. The molecule has 0 amide bonds. The van der Waals surface area contributed by atoms with Crippen molar-refractivity contribution in [2.24, 2.45) is 39.4 Å². The van der Waals surface area contributed by atoms with Crippen LogP contribution in [0.3, 0.4) is 0 Å². The molecule has 2 fully saturated rings. The number of allylic oxidation sites excluding steroid dienone is 3. The highest BCUT2D eigenvalue weighted by Crippen LogP contribution is 2.72. The van der Waals surface area contributed by atoms with E-state index in [1.165, 1.54) is 5.57 Å². The summed E-state index contributed by atoms with van der Waals surface area (Å²) in [7, 11) is 1.67. The molecule has 37 heavy (non-hydrogen) atoms. The Morgan fingerprint density at radius 2 is 1.81 bits per heavy atom. The maximum Gasteiger partial charge on any atom is 0.312 e. The Morgan fingerprint density at radius 1 is 1.16 bits per heavy atom. The van der Waals surface area contributed by atoms with Crippen molar-refractivity contribution < 1.29 is 29.6 Å². The number of carboxylic acid groups (broad SMARTS) is 1. The highest BCUT2D eigenvalue weighted by atomic mass is 16.5. The molecule has 0 radical (unpaired) electrons. The molecule has 2 saturated carbocycles. The zero-order valence-electron chi connectivity index (χ0n) is 24.1. The minimum absolute atomic E-state index is 0.0230. The monoisotopic (exact) mass is 516 g/mol. The maximum absolute atomic E-state index is 14.1. The van der Waals surface area contributed by atoms with Gasteiger partial charge < -0.3 is 20.1 Å². The number of fused-ring (bicyclic) bond motifs is 4. The summed E-state index contributed by atoms with van der Waals surface area (Å²) in [6, 6.07) is 0. The number of carbonyl (C=O) groups is 2. The first-order valence-electron chi connectivity index (χ1n) is 14.1. The number of Topliss-reactive ketones (excluding diaryl/α,β-unsaturated/α-hetero) is 1. The first-order valence-corrected chi connectivity index (χ1v) is 14.1. The van der Waals surface area contributed by atoms with Crippen molar-refractivity contribution in [1.29, 1.82) is 0 Å². The molecule has 4 aliphatic carbocycles. The summed E-state index contributed by atoms with van der Waals surface area (Å²) in [4.78, 5) is 26.7. The third kappa shape index (κ3) is 3.76. The third-order valence-corrected chi connectivity index (χ3v) is 11.9. The quantitative estimate of drug-likeness (QED) is 0.413.